The zero-order valence-corrected chi connectivity index (χ0v) is 20.7. The van der Waals surface area contributed by atoms with Crippen molar-refractivity contribution in [2.45, 2.75) is 72.0 Å². The second-order valence-electron chi connectivity index (χ2n) is 10.8. The van der Waals surface area contributed by atoms with Crippen LogP contribution in [0.15, 0.2) is 42.5 Å². The monoisotopic (exact) mass is 448 g/mol. The van der Waals surface area contributed by atoms with Crippen molar-refractivity contribution >= 4 is 5.91 Å². The Hall–Kier alpha value is -2.17. The lowest BCUT2D eigenvalue weighted by Gasteiger charge is -2.34. The van der Waals surface area contributed by atoms with Crippen LogP contribution in [0.4, 0.5) is 0 Å². The minimum atomic E-state index is -0.403. The molecule has 178 valence electrons. The number of nitrogens with one attached hydrogen (secondary N) is 1. The van der Waals surface area contributed by atoms with Gasteiger partial charge in [0.25, 0.3) is 5.91 Å². The van der Waals surface area contributed by atoms with Gasteiger partial charge in [0.05, 0.1) is 12.6 Å². The molecule has 1 aliphatic carbocycles. The molecule has 1 heterocycles. The molecule has 4 heteroatoms. The van der Waals surface area contributed by atoms with E-state index in [2.05, 4.69) is 43.1 Å². The SMILES string of the molecule is Cc1ccc([C@@H](CO)NC(=O)c2ccc3c(c2)CN(CC2CCC(C)CC2)[C@@H]3C(C)C)cc1. The summed E-state index contributed by atoms with van der Waals surface area (Å²) in [7, 11) is 0. The number of aryl methyl sites for hydroxylation is 1. The van der Waals surface area contributed by atoms with Gasteiger partial charge in [-0.05, 0) is 66.3 Å². The summed E-state index contributed by atoms with van der Waals surface area (Å²) in [6.07, 6.45) is 5.40. The number of fused-ring (bicyclic) bond motifs is 1. The third-order valence-corrected chi connectivity index (χ3v) is 7.72. The summed E-state index contributed by atoms with van der Waals surface area (Å²) in [4.78, 5) is 15.7. The van der Waals surface area contributed by atoms with Crippen molar-refractivity contribution in [3.05, 3.63) is 70.3 Å². The van der Waals surface area contributed by atoms with Crippen LogP contribution in [0.3, 0.4) is 0 Å². The fourth-order valence-electron chi connectivity index (χ4n) is 5.76. The number of hydrogen-bond acceptors (Lipinski definition) is 3. The number of benzene rings is 2. The lowest BCUT2D eigenvalue weighted by Crippen LogP contribution is -2.32. The summed E-state index contributed by atoms with van der Waals surface area (Å²) in [5.74, 6) is 2.08. The quantitative estimate of drug-likeness (QED) is 0.563. The Labute approximate surface area is 199 Å². The number of carbonyl (C=O) groups excluding carboxylic acids is 1. The molecule has 0 aromatic heterocycles. The van der Waals surface area contributed by atoms with Crippen LogP contribution >= 0.6 is 0 Å². The highest BCUT2D eigenvalue weighted by molar-refractivity contribution is 5.94. The lowest BCUT2D eigenvalue weighted by atomic mass is 9.82. The van der Waals surface area contributed by atoms with Gasteiger partial charge in [-0.1, -0.05) is 69.5 Å². The van der Waals surface area contributed by atoms with E-state index in [0.29, 0.717) is 17.5 Å². The number of nitrogens with zero attached hydrogens (tertiary/aromatic N) is 1. The first-order chi connectivity index (χ1) is 15.9. The predicted octanol–water partition coefficient (Wildman–Crippen LogP) is 5.80. The molecule has 0 saturated heterocycles. The summed E-state index contributed by atoms with van der Waals surface area (Å²) in [5.41, 5.74) is 5.41. The first-order valence-electron chi connectivity index (χ1n) is 12.7. The fourth-order valence-corrected chi connectivity index (χ4v) is 5.76. The predicted molar refractivity (Wildman–Crippen MR) is 134 cm³/mol. The summed E-state index contributed by atoms with van der Waals surface area (Å²) < 4.78 is 0. The van der Waals surface area contributed by atoms with Crippen LogP contribution in [0, 0.1) is 24.7 Å². The fraction of sp³-hybridized carbons (Fsp3) is 0.552. The molecule has 1 fully saturated rings. The van der Waals surface area contributed by atoms with Crippen molar-refractivity contribution in [2.75, 3.05) is 13.2 Å². The zero-order valence-electron chi connectivity index (χ0n) is 20.7. The van der Waals surface area contributed by atoms with E-state index in [1.54, 1.807) is 0 Å². The van der Waals surface area contributed by atoms with Gasteiger partial charge in [0, 0.05) is 24.7 Å². The average Bonchev–Trinajstić information content (AvgIpc) is 3.16. The van der Waals surface area contributed by atoms with Gasteiger partial charge in [-0.3, -0.25) is 9.69 Å². The van der Waals surface area contributed by atoms with Crippen molar-refractivity contribution in [1.82, 2.24) is 10.2 Å². The number of rotatable bonds is 7. The summed E-state index contributed by atoms with van der Waals surface area (Å²) in [6.45, 7) is 11.0. The van der Waals surface area contributed by atoms with E-state index in [1.807, 2.05) is 37.3 Å². The van der Waals surface area contributed by atoms with E-state index in [9.17, 15) is 9.90 Å². The second-order valence-corrected chi connectivity index (χ2v) is 10.8. The van der Waals surface area contributed by atoms with Crippen LogP contribution in [0.1, 0.15) is 91.1 Å². The van der Waals surface area contributed by atoms with Gasteiger partial charge in [0.2, 0.25) is 0 Å². The molecule has 2 atom stereocenters. The Balaban J connectivity index is 1.47. The number of hydrogen-bond donors (Lipinski definition) is 2. The average molecular weight is 449 g/mol. The highest BCUT2D eigenvalue weighted by Gasteiger charge is 2.34. The van der Waals surface area contributed by atoms with E-state index in [-0.39, 0.29) is 12.5 Å². The molecule has 33 heavy (non-hydrogen) atoms. The highest BCUT2D eigenvalue weighted by Crippen LogP contribution is 2.41. The maximum Gasteiger partial charge on any atom is 0.251 e. The molecular formula is C29H40N2O2. The third-order valence-electron chi connectivity index (χ3n) is 7.72. The minimum absolute atomic E-state index is 0.122. The molecule has 1 aliphatic heterocycles. The van der Waals surface area contributed by atoms with E-state index < -0.39 is 6.04 Å². The van der Waals surface area contributed by atoms with Crippen LogP contribution < -0.4 is 5.32 Å². The van der Waals surface area contributed by atoms with Crippen LogP contribution in [-0.4, -0.2) is 29.1 Å². The third kappa shape index (κ3) is 5.50. The Bertz CT molecular complexity index is 945. The maximum absolute atomic E-state index is 13.1. The molecule has 2 N–H and O–H groups in total. The molecule has 1 saturated carbocycles. The van der Waals surface area contributed by atoms with Crippen molar-refractivity contribution in [3.8, 4) is 0 Å². The molecule has 2 aromatic carbocycles. The van der Waals surface area contributed by atoms with Gasteiger partial charge in [0.1, 0.15) is 0 Å². The van der Waals surface area contributed by atoms with Crippen molar-refractivity contribution in [1.29, 1.82) is 0 Å². The van der Waals surface area contributed by atoms with Gasteiger partial charge in [0.15, 0.2) is 0 Å². The molecule has 0 bridgehead atoms. The number of aliphatic hydroxyl groups is 1. The van der Waals surface area contributed by atoms with Crippen LogP contribution in [-0.2, 0) is 6.54 Å². The Morgan fingerprint density at radius 3 is 2.42 bits per heavy atom. The normalized spacial score (nSPS) is 24.0. The summed E-state index contributed by atoms with van der Waals surface area (Å²) in [6, 6.07) is 14.2. The minimum Gasteiger partial charge on any atom is -0.394 e. The standard InChI is InChI=1S/C29H40N2O2/c1-19(2)28-26-14-13-24(29(33)30-27(18-32)23-11-7-21(4)8-12-23)15-25(26)17-31(28)16-22-9-5-20(3)6-10-22/h7-8,11-15,19-20,22,27-28,32H,5-6,9-10,16-18H2,1-4H3,(H,30,33)/t20?,22?,27-,28-/m1/s1. The largest absolute Gasteiger partial charge is 0.394 e. The Kier molecular flexibility index (Phi) is 7.55. The second kappa shape index (κ2) is 10.4. The van der Waals surface area contributed by atoms with Gasteiger partial charge in [-0.25, -0.2) is 0 Å². The topological polar surface area (TPSA) is 52.6 Å². The maximum atomic E-state index is 13.1. The van der Waals surface area contributed by atoms with Crippen LogP contribution in [0.2, 0.25) is 0 Å². The molecule has 2 aromatic rings. The molecule has 4 nitrogen and oxygen atoms in total. The smallest absolute Gasteiger partial charge is 0.251 e. The Morgan fingerprint density at radius 2 is 1.79 bits per heavy atom. The van der Waals surface area contributed by atoms with Gasteiger partial charge >= 0.3 is 0 Å². The lowest BCUT2D eigenvalue weighted by molar-refractivity contribution is 0.0916. The van der Waals surface area contributed by atoms with Crippen LogP contribution in [0.5, 0.6) is 0 Å². The van der Waals surface area contributed by atoms with E-state index in [4.69, 9.17) is 0 Å². The van der Waals surface area contributed by atoms with Gasteiger partial charge in [-0.2, -0.15) is 0 Å². The molecular weight excluding hydrogens is 408 g/mol. The van der Waals surface area contributed by atoms with Gasteiger partial charge < -0.3 is 10.4 Å². The van der Waals surface area contributed by atoms with Crippen molar-refractivity contribution in [3.63, 3.8) is 0 Å². The van der Waals surface area contributed by atoms with E-state index >= 15 is 0 Å². The van der Waals surface area contributed by atoms with Crippen LogP contribution in [0.25, 0.3) is 0 Å². The summed E-state index contributed by atoms with van der Waals surface area (Å²) in [5, 5.41) is 12.9. The van der Waals surface area contributed by atoms with E-state index in [0.717, 1.165) is 36.1 Å². The van der Waals surface area contributed by atoms with Crippen molar-refractivity contribution < 1.29 is 9.90 Å². The number of aliphatic hydroxyl groups excluding tert-OH is 1. The first kappa shape index (κ1) is 24.0. The molecule has 2 aliphatic rings. The van der Waals surface area contributed by atoms with E-state index in [1.165, 1.54) is 36.8 Å². The molecule has 1 amide bonds. The van der Waals surface area contributed by atoms with Gasteiger partial charge in [-0.15, -0.1) is 0 Å². The summed E-state index contributed by atoms with van der Waals surface area (Å²) >= 11 is 0. The highest BCUT2D eigenvalue weighted by atomic mass is 16.3. The molecule has 0 unspecified atom stereocenters. The number of amides is 1. The zero-order chi connectivity index (χ0) is 23.5. The van der Waals surface area contributed by atoms with Crippen molar-refractivity contribution in [2.24, 2.45) is 17.8 Å². The molecule has 0 radical (unpaired) electrons. The number of carbonyl (C=O) groups is 1. The molecule has 0 spiro atoms. The molecule has 4 rings (SSSR count). The Morgan fingerprint density at radius 1 is 1.09 bits per heavy atom. The first-order valence-corrected chi connectivity index (χ1v) is 12.7.